The number of rotatable bonds is 8. The number of nitrogens with one attached hydrogen (secondary N) is 1. The molecule has 0 aromatic heterocycles. The van der Waals surface area contributed by atoms with Gasteiger partial charge in [0.15, 0.2) is 0 Å². The molecule has 0 atom stereocenters. The van der Waals surface area contributed by atoms with E-state index >= 15 is 0 Å². The second kappa shape index (κ2) is 7.65. The number of hydrogen-bond donors (Lipinski definition) is 2. The van der Waals surface area contributed by atoms with Crippen molar-refractivity contribution >= 4 is 5.97 Å². The summed E-state index contributed by atoms with van der Waals surface area (Å²) in [7, 11) is 0. The number of carboxylic acid groups (broad SMARTS) is 1. The maximum Gasteiger partial charge on any atom is 0.351 e. The maximum atomic E-state index is 10.3. The number of carboxylic acids is 1. The molecule has 0 saturated heterocycles. The van der Waals surface area contributed by atoms with Gasteiger partial charge in [0.2, 0.25) is 0 Å². The van der Waals surface area contributed by atoms with Gasteiger partial charge in [0, 0.05) is 6.54 Å². The number of aliphatic carboxylic acids is 1. The van der Waals surface area contributed by atoms with Gasteiger partial charge < -0.3 is 10.4 Å². The van der Waals surface area contributed by atoms with Crippen LogP contribution < -0.4 is 5.32 Å². The van der Waals surface area contributed by atoms with E-state index in [1.165, 1.54) is 19.3 Å². The van der Waals surface area contributed by atoms with E-state index in [0.29, 0.717) is 0 Å². The van der Waals surface area contributed by atoms with Crippen LogP contribution in [0.15, 0.2) is 12.3 Å². The molecule has 0 radical (unpaired) electrons. The number of carbonyl (C=O) groups is 1. The molecule has 0 spiro atoms. The van der Waals surface area contributed by atoms with Crippen LogP contribution in [0.1, 0.15) is 39.0 Å². The molecule has 0 aromatic carbocycles. The average Bonchev–Trinajstić information content (AvgIpc) is 2.10. The summed E-state index contributed by atoms with van der Waals surface area (Å²) >= 11 is 0. The van der Waals surface area contributed by atoms with Crippen molar-refractivity contribution in [1.82, 2.24) is 5.32 Å². The zero-order valence-corrected chi connectivity index (χ0v) is 8.31. The highest BCUT2D eigenvalue weighted by Gasteiger charge is 2.00. The Kier molecular flexibility index (Phi) is 7.07. The highest BCUT2D eigenvalue weighted by molar-refractivity contribution is 5.84. The Bertz CT molecular complexity index is 166. The summed E-state index contributed by atoms with van der Waals surface area (Å²) in [6.45, 7) is 6.27. The van der Waals surface area contributed by atoms with Crippen molar-refractivity contribution in [2.75, 3.05) is 6.54 Å². The monoisotopic (exact) mass is 185 g/mol. The van der Waals surface area contributed by atoms with Crippen LogP contribution >= 0.6 is 0 Å². The SMILES string of the molecule is C=C(NCCCCCCC)C(=O)O. The van der Waals surface area contributed by atoms with Gasteiger partial charge >= 0.3 is 5.97 Å². The van der Waals surface area contributed by atoms with Crippen LogP contribution in [0.4, 0.5) is 0 Å². The summed E-state index contributed by atoms with van der Waals surface area (Å²) in [5.74, 6) is -0.964. The lowest BCUT2D eigenvalue weighted by Gasteiger charge is -2.04. The summed E-state index contributed by atoms with van der Waals surface area (Å²) in [6, 6.07) is 0. The molecule has 0 aliphatic carbocycles. The highest BCUT2D eigenvalue weighted by atomic mass is 16.4. The van der Waals surface area contributed by atoms with Crippen molar-refractivity contribution in [2.45, 2.75) is 39.0 Å². The summed E-state index contributed by atoms with van der Waals surface area (Å²) in [5.41, 5.74) is 0.0930. The molecule has 0 saturated carbocycles. The smallest absolute Gasteiger partial charge is 0.351 e. The Morgan fingerprint density at radius 1 is 1.31 bits per heavy atom. The summed E-state index contributed by atoms with van der Waals surface area (Å²) in [4.78, 5) is 10.3. The first kappa shape index (κ1) is 12.0. The third kappa shape index (κ3) is 7.37. The molecule has 0 fully saturated rings. The van der Waals surface area contributed by atoms with Gasteiger partial charge in [-0.15, -0.1) is 0 Å². The standard InChI is InChI=1S/C10H19NO2/c1-3-4-5-6-7-8-11-9(2)10(12)13/h11H,2-8H2,1H3,(H,12,13). The molecule has 0 amide bonds. The van der Waals surface area contributed by atoms with Crippen molar-refractivity contribution in [3.05, 3.63) is 12.3 Å². The lowest BCUT2D eigenvalue weighted by molar-refractivity contribution is -0.133. The van der Waals surface area contributed by atoms with Crippen molar-refractivity contribution in [2.24, 2.45) is 0 Å². The predicted molar refractivity (Wildman–Crippen MR) is 53.5 cm³/mol. The third-order valence-electron chi connectivity index (χ3n) is 1.88. The van der Waals surface area contributed by atoms with Crippen LogP contribution in [0.25, 0.3) is 0 Å². The summed E-state index contributed by atoms with van der Waals surface area (Å²) < 4.78 is 0. The Morgan fingerprint density at radius 3 is 2.46 bits per heavy atom. The molecular weight excluding hydrogens is 166 g/mol. The van der Waals surface area contributed by atoms with Crippen LogP contribution in [-0.4, -0.2) is 17.6 Å². The van der Waals surface area contributed by atoms with Gasteiger partial charge in [-0.1, -0.05) is 39.2 Å². The van der Waals surface area contributed by atoms with Crippen molar-refractivity contribution < 1.29 is 9.90 Å². The van der Waals surface area contributed by atoms with Gasteiger partial charge in [0.05, 0.1) is 0 Å². The van der Waals surface area contributed by atoms with E-state index in [9.17, 15) is 4.79 Å². The fraction of sp³-hybridized carbons (Fsp3) is 0.700. The minimum atomic E-state index is -0.964. The molecule has 0 heterocycles. The Morgan fingerprint density at radius 2 is 1.92 bits per heavy atom. The number of hydrogen-bond acceptors (Lipinski definition) is 2. The third-order valence-corrected chi connectivity index (χ3v) is 1.88. The Balaban J connectivity index is 3.16. The quantitative estimate of drug-likeness (QED) is 0.450. The van der Waals surface area contributed by atoms with Crippen LogP contribution in [-0.2, 0) is 4.79 Å². The second-order valence-corrected chi connectivity index (χ2v) is 3.12. The maximum absolute atomic E-state index is 10.3. The van der Waals surface area contributed by atoms with Crippen molar-refractivity contribution in [3.8, 4) is 0 Å². The molecule has 0 aliphatic heterocycles. The van der Waals surface area contributed by atoms with E-state index in [1.807, 2.05) is 0 Å². The molecule has 0 aliphatic rings. The molecule has 0 bridgehead atoms. The Labute approximate surface area is 79.8 Å². The lowest BCUT2D eigenvalue weighted by atomic mass is 10.1. The fourth-order valence-corrected chi connectivity index (χ4v) is 1.04. The zero-order chi connectivity index (χ0) is 10.1. The molecule has 0 rings (SSSR count). The predicted octanol–water partition coefficient (Wildman–Crippen LogP) is 2.14. The van der Waals surface area contributed by atoms with E-state index < -0.39 is 5.97 Å². The topological polar surface area (TPSA) is 49.3 Å². The molecule has 0 unspecified atom stereocenters. The van der Waals surface area contributed by atoms with E-state index in [2.05, 4.69) is 18.8 Å². The second-order valence-electron chi connectivity index (χ2n) is 3.12. The first-order chi connectivity index (χ1) is 6.18. The average molecular weight is 185 g/mol. The van der Waals surface area contributed by atoms with Gasteiger partial charge in [0.25, 0.3) is 0 Å². The highest BCUT2D eigenvalue weighted by Crippen LogP contribution is 2.01. The number of unbranched alkanes of at least 4 members (excludes halogenated alkanes) is 4. The van der Waals surface area contributed by atoms with Gasteiger partial charge in [-0.2, -0.15) is 0 Å². The Hall–Kier alpha value is -0.990. The molecule has 3 heteroatoms. The van der Waals surface area contributed by atoms with Gasteiger partial charge in [-0.3, -0.25) is 0 Å². The molecule has 76 valence electrons. The van der Waals surface area contributed by atoms with E-state index in [1.54, 1.807) is 0 Å². The fourth-order valence-electron chi connectivity index (χ4n) is 1.04. The van der Waals surface area contributed by atoms with E-state index in [0.717, 1.165) is 19.4 Å². The van der Waals surface area contributed by atoms with Crippen LogP contribution in [0, 0.1) is 0 Å². The first-order valence-electron chi connectivity index (χ1n) is 4.84. The van der Waals surface area contributed by atoms with Crippen LogP contribution in [0.2, 0.25) is 0 Å². The molecule has 3 nitrogen and oxygen atoms in total. The zero-order valence-electron chi connectivity index (χ0n) is 8.31. The molecule has 2 N–H and O–H groups in total. The molecule has 13 heavy (non-hydrogen) atoms. The minimum Gasteiger partial charge on any atom is -0.477 e. The van der Waals surface area contributed by atoms with Gasteiger partial charge in [0.1, 0.15) is 5.70 Å². The molecule has 0 aromatic rings. The van der Waals surface area contributed by atoms with E-state index in [4.69, 9.17) is 5.11 Å². The van der Waals surface area contributed by atoms with Crippen LogP contribution in [0.3, 0.4) is 0 Å². The van der Waals surface area contributed by atoms with E-state index in [-0.39, 0.29) is 5.70 Å². The van der Waals surface area contributed by atoms with Crippen molar-refractivity contribution in [1.29, 1.82) is 0 Å². The lowest BCUT2D eigenvalue weighted by Crippen LogP contribution is -2.20. The van der Waals surface area contributed by atoms with Gasteiger partial charge in [-0.05, 0) is 6.42 Å². The summed E-state index contributed by atoms with van der Waals surface area (Å²) in [6.07, 6.45) is 5.91. The normalized spacial score (nSPS) is 9.62. The largest absolute Gasteiger partial charge is 0.477 e. The summed E-state index contributed by atoms with van der Waals surface area (Å²) in [5, 5.41) is 11.2. The van der Waals surface area contributed by atoms with Crippen molar-refractivity contribution in [3.63, 3.8) is 0 Å². The minimum absolute atomic E-state index is 0.0930. The first-order valence-corrected chi connectivity index (χ1v) is 4.84. The van der Waals surface area contributed by atoms with Crippen LogP contribution in [0.5, 0.6) is 0 Å². The molecular formula is C10H19NO2. The van der Waals surface area contributed by atoms with Gasteiger partial charge in [-0.25, -0.2) is 4.79 Å².